The van der Waals surface area contributed by atoms with Crippen molar-refractivity contribution in [2.45, 2.75) is 6.18 Å². The molecule has 112 valence electrons. The number of benzene rings is 1. The minimum absolute atomic E-state index is 0.298. The Bertz CT molecular complexity index is 737. The topological polar surface area (TPSA) is 60.3 Å². The van der Waals surface area contributed by atoms with E-state index < -0.39 is 24.2 Å². The summed E-state index contributed by atoms with van der Waals surface area (Å²) in [6, 6.07) is 7.69. The van der Waals surface area contributed by atoms with Crippen LogP contribution in [0.25, 0.3) is 10.8 Å². The monoisotopic (exact) mass is 300 g/mol. The highest BCUT2D eigenvalue weighted by Crippen LogP contribution is 2.14. The fraction of sp³-hybridized carbons (Fsp3) is 0.231. The van der Waals surface area contributed by atoms with Gasteiger partial charge in [0.25, 0.3) is 11.5 Å². The summed E-state index contributed by atoms with van der Waals surface area (Å²) in [5.74, 6) is -1.04. The van der Waals surface area contributed by atoms with Gasteiger partial charge in [-0.05, 0) is 17.5 Å². The zero-order valence-electron chi connectivity index (χ0n) is 10.9. The molecule has 21 heavy (non-hydrogen) atoms. The SMILES string of the molecule is COn1c(C(=O)NCC(F)(F)F)cc2ccccc2c1=O. The van der Waals surface area contributed by atoms with Crippen LogP contribution in [0.2, 0.25) is 0 Å². The molecule has 0 aliphatic heterocycles. The molecule has 0 aliphatic carbocycles. The minimum Gasteiger partial charge on any atom is -0.413 e. The normalized spacial score (nSPS) is 11.4. The second kappa shape index (κ2) is 5.47. The highest BCUT2D eigenvalue weighted by atomic mass is 19.4. The molecule has 0 saturated carbocycles. The molecule has 0 radical (unpaired) electrons. The molecular formula is C13H11F3N2O3. The number of hydrogen-bond acceptors (Lipinski definition) is 3. The molecule has 1 aromatic carbocycles. The summed E-state index contributed by atoms with van der Waals surface area (Å²) in [5.41, 5.74) is -0.918. The summed E-state index contributed by atoms with van der Waals surface area (Å²) in [6.07, 6.45) is -4.54. The molecule has 0 unspecified atom stereocenters. The molecule has 2 aromatic rings. The van der Waals surface area contributed by atoms with Crippen molar-refractivity contribution in [3.05, 3.63) is 46.4 Å². The van der Waals surface area contributed by atoms with E-state index in [-0.39, 0.29) is 5.69 Å². The number of alkyl halides is 3. The van der Waals surface area contributed by atoms with Crippen molar-refractivity contribution >= 4 is 16.7 Å². The van der Waals surface area contributed by atoms with Crippen molar-refractivity contribution in [1.29, 1.82) is 0 Å². The molecule has 0 aliphatic rings. The Kier molecular flexibility index (Phi) is 3.88. The van der Waals surface area contributed by atoms with E-state index in [1.165, 1.54) is 12.1 Å². The van der Waals surface area contributed by atoms with Gasteiger partial charge in [-0.1, -0.05) is 18.2 Å². The summed E-state index contributed by atoms with van der Waals surface area (Å²) in [5, 5.41) is 2.44. The average molecular weight is 300 g/mol. The van der Waals surface area contributed by atoms with Crippen LogP contribution in [0, 0.1) is 0 Å². The number of halogens is 3. The lowest BCUT2D eigenvalue weighted by molar-refractivity contribution is -0.123. The van der Waals surface area contributed by atoms with Gasteiger partial charge in [0.2, 0.25) is 0 Å². The molecule has 5 nitrogen and oxygen atoms in total. The van der Waals surface area contributed by atoms with Crippen LogP contribution in [-0.2, 0) is 0 Å². The van der Waals surface area contributed by atoms with Crippen molar-refractivity contribution in [2.24, 2.45) is 0 Å². The number of carbonyl (C=O) groups excluding carboxylic acids is 1. The molecule has 0 saturated heterocycles. The van der Waals surface area contributed by atoms with Crippen LogP contribution in [-0.4, -0.2) is 30.5 Å². The van der Waals surface area contributed by atoms with E-state index in [2.05, 4.69) is 0 Å². The Labute approximate surface area is 116 Å². The van der Waals surface area contributed by atoms with E-state index in [0.717, 1.165) is 7.11 Å². The first-order valence-corrected chi connectivity index (χ1v) is 5.88. The first-order valence-electron chi connectivity index (χ1n) is 5.88. The number of fused-ring (bicyclic) bond motifs is 1. The highest BCUT2D eigenvalue weighted by molar-refractivity contribution is 5.96. The van der Waals surface area contributed by atoms with E-state index in [0.29, 0.717) is 15.5 Å². The summed E-state index contributed by atoms with van der Waals surface area (Å²) < 4.78 is 37.1. The maximum atomic E-state index is 12.1. The lowest BCUT2D eigenvalue weighted by Crippen LogP contribution is -2.38. The van der Waals surface area contributed by atoms with Crippen molar-refractivity contribution in [3.8, 4) is 0 Å². The van der Waals surface area contributed by atoms with Crippen LogP contribution in [0.15, 0.2) is 35.1 Å². The van der Waals surface area contributed by atoms with Gasteiger partial charge in [-0.25, -0.2) is 0 Å². The van der Waals surface area contributed by atoms with Gasteiger partial charge in [-0.3, -0.25) is 9.59 Å². The predicted molar refractivity (Wildman–Crippen MR) is 69.1 cm³/mol. The maximum absolute atomic E-state index is 12.1. The number of nitrogens with one attached hydrogen (secondary N) is 1. The molecule has 0 spiro atoms. The third-order valence-corrected chi connectivity index (χ3v) is 2.75. The van der Waals surface area contributed by atoms with Gasteiger partial charge in [0.15, 0.2) is 0 Å². The van der Waals surface area contributed by atoms with Crippen LogP contribution in [0.3, 0.4) is 0 Å². The Balaban J connectivity index is 2.48. The van der Waals surface area contributed by atoms with E-state index in [1.807, 2.05) is 0 Å². The third-order valence-electron chi connectivity index (χ3n) is 2.75. The molecule has 2 rings (SSSR count). The van der Waals surface area contributed by atoms with E-state index >= 15 is 0 Å². The molecule has 1 heterocycles. The second-order valence-electron chi connectivity index (χ2n) is 4.20. The zero-order valence-corrected chi connectivity index (χ0v) is 10.9. The Morgan fingerprint density at radius 2 is 2.00 bits per heavy atom. The molecule has 1 amide bonds. The van der Waals surface area contributed by atoms with Gasteiger partial charge < -0.3 is 10.2 Å². The summed E-state index contributed by atoms with van der Waals surface area (Å²) in [7, 11) is 1.15. The third kappa shape index (κ3) is 3.15. The molecule has 0 fully saturated rings. The minimum atomic E-state index is -4.54. The summed E-state index contributed by atoms with van der Waals surface area (Å²) in [6.45, 7) is -1.49. The molecule has 1 aromatic heterocycles. The number of aromatic nitrogens is 1. The second-order valence-corrected chi connectivity index (χ2v) is 4.20. The van der Waals surface area contributed by atoms with E-state index in [4.69, 9.17) is 4.84 Å². The Morgan fingerprint density at radius 3 is 2.62 bits per heavy atom. The zero-order chi connectivity index (χ0) is 15.6. The van der Waals surface area contributed by atoms with Crippen molar-refractivity contribution in [3.63, 3.8) is 0 Å². The Morgan fingerprint density at radius 1 is 1.33 bits per heavy atom. The standard InChI is InChI=1S/C13H11F3N2O3/c1-21-18-10(11(19)17-7-13(14,15)16)6-8-4-2-3-5-9(8)12(18)20/h2-6H,7H2,1H3,(H,17,19). The Hall–Kier alpha value is -2.51. The lowest BCUT2D eigenvalue weighted by Gasteiger charge is -2.13. The molecular weight excluding hydrogens is 289 g/mol. The number of pyridine rings is 1. The number of nitrogens with zero attached hydrogens (tertiary/aromatic N) is 1. The van der Waals surface area contributed by atoms with E-state index in [9.17, 15) is 22.8 Å². The fourth-order valence-corrected chi connectivity index (χ4v) is 1.85. The van der Waals surface area contributed by atoms with Crippen molar-refractivity contribution < 1.29 is 22.8 Å². The van der Waals surface area contributed by atoms with Crippen LogP contribution in [0.5, 0.6) is 0 Å². The van der Waals surface area contributed by atoms with Crippen LogP contribution >= 0.6 is 0 Å². The predicted octanol–water partition coefficient (Wildman–Crippen LogP) is 1.35. The lowest BCUT2D eigenvalue weighted by atomic mass is 10.1. The van der Waals surface area contributed by atoms with Gasteiger partial charge in [0.05, 0.1) is 5.39 Å². The number of amides is 1. The van der Waals surface area contributed by atoms with Crippen molar-refractivity contribution in [1.82, 2.24) is 10.0 Å². The van der Waals surface area contributed by atoms with Gasteiger partial charge >= 0.3 is 6.18 Å². The quantitative estimate of drug-likeness (QED) is 0.931. The number of carbonyl (C=O) groups is 1. The summed E-state index contributed by atoms with van der Waals surface area (Å²) >= 11 is 0. The first-order chi connectivity index (χ1) is 9.83. The van der Waals surface area contributed by atoms with Gasteiger partial charge in [-0.15, -0.1) is 4.73 Å². The molecule has 8 heteroatoms. The van der Waals surface area contributed by atoms with Gasteiger partial charge in [0.1, 0.15) is 19.3 Å². The molecule has 0 atom stereocenters. The van der Waals surface area contributed by atoms with Crippen molar-refractivity contribution in [2.75, 3.05) is 13.7 Å². The maximum Gasteiger partial charge on any atom is 0.405 e. The smallest absolute Gasteiger partial charge is 0.405 e. The number of hydrogen-bond donors (Lipinski definition) is 1. The number of rotatable bonds is 3. The average Bonchev–Trinajstić information content (AvgIpc) is 2.44. The molecule has 0 bridgehead atoms. The van der Waals surface area contributed by atoms with Gasteiger partial charge in [0, 0.05) is 0 Å². The largest absolute Gasteiger partial charge is 0.413 e. The highest BCUT2D eigenvalue weighted by Gasteiger charge is 2.28. The van der Waals surface area contributed by atoms with Crippen LogP contribution in [0.4, 0.5) is 13.2 Å². The van der Waals surface area contributed by atoms with Gasteiger partial charge in [-0.2, -0.15) is 13.2 Å². The summed E-state index contributed by atoms with van der Waals surface area (Å²) in [4.78, 5) is 28.7. The first kappa shape index (κ1) is 14.9. The van der Waals surface area contributed by atoms with Crippen LogP contribution in [0.1, 0.15) is 10.5 Å². The van der Waals surface area contributed by atoms with Crippen LogP contribution < -0.4 is 15.7 Å². The fourth-order valence-electron chi connectivity index (χ4n) is 1.85. The molecule has 1 N–H and O–H groups in total. The van der Waals surface area contributed by atoms with E-state index in [1.54, 1.807) is 23.5 Å².